The van der Waals surface area contributed by atoms with Crippen LogP contribution in [0.3, 0.4) is 0 Å². The zero-order valence-corrected chi connectivity index (χ0v) is 19.5. The normalized spacial score (nSPS) is 14.2. The van der Waals surface area contributed by atoms with Crippen LogP contribution in [-0.4, -0.2) is 72.8 Å². The van der Waals surface area contributed by atoms with Gasteiger partial charge in [0.1, 0.15) is 17.1 Å². The van der Waals surface area contributed by atoms with Gasteiger partial charge in [0.05, 0.1) is 18.8 Å². The van der Waals surface area contributed by atoms with Crippen LogP contribution in [0.1, 0.15) is 41.1 Å². The van der Waals surface area contributed by atoms with E-state index in [1.807, 2.05) is 43.0 Å². The van der Waals surface area contributed by atoms with Crippen LogP contribution < -0.4 is 10.1 Å². The number of carbonyl (C=O) groups excluding carboxylic acids is 2. The van der Waals surface area contributed by atoms with E-state index < -0.39 is 5.41 Å². The van der Waals surface area contributed by atoms with Gasteiger partial charge in [-0.05, 0) is 43.7 Å². The molecular weight excluding hydrogens is 436 g/mol. The summed E-state index contributed by atoms with van der Waals surface area (Å²) in [5.41, 5.74) is 2.14. The number of aliphatic hydroxyl groups is 2. The lowest BCUT2D eigenvalue weighted by Crippen LogP contribution is -2.39. The molecule has 0 bridgehead atoms. The average Bonchev–Trinajstić information content (AvgIpc) is 3.23. The number of carbonyl (C=O) groups is 2. The van der Waals surface area contributed by atoms with Gasteiger partial charge in [0, 0.05) is 42.5 Å². The molecule has 3 N–H and O–H groups in total. The molecule has 0 saturated carbocycles. The molecule has 1 amide bonds. The van der Waals surface area contributed by atoms with E-state index >= 15 is 0 Å². The van der Waals surface area contributed by atoms with Crippen LogP contribution in [0.15, 0.2) is 46.9 Å². The van der Waals surface area contributed by atoms with Crippen molar-refractivity contribution in [1.29, 1.82) is 0 Å². The molecule has 0 aliphatic heterocycles. The number of benzene rings is 2. The lowest BCUT2D eigenvalue weighted by atomic mass is 9.72. The number of rotatable bonds is 10. The molecule has 0 radical (unpaired) electrons. The zero-order chi connectivity index (χ0) is 24.3. The average molecular weight is 467 g/mol. The summed E-state index contributed by atoms with van der Waals surface area (Å²) >= 11 is 0. The van der Waals surface area contributed by atoms with Crippen LogP contribution in [0.2, 0.25) is 0 Å². The fourth-order valence-corrected chi connectivity index (χ4v) is 4.47. The van der Waals surface area contributed by atoms with Crippen LogP contribution in [-0.2, 0) is 10.2 Å². The molecule has 1 aromatic heterocycles. The second kappa shape index (κ2) is 9.97. The second-order valence-corrected chi connectivity index (χ2v) is 8.89. The fourth-order valence-electron chi connectivity index (χ4n) is 4.47. The minimum Gasteiger partial charge on any atom is -0.484 e. The molecular formula is C26H30N2O6. The van der Waals surface area contributed by atoms with Crippen molar-refractivity contribution in [1.82, 2.24) is 10.2 Å². The number of nitrogens with zero attached hydrogens (tertiary/aromatic N) is 1. The van der Waals surface area contributed by atoms with Gasteiger partial charge in [0.15, 0.2) is 12.4 Å². The maximum atomic E-state index is 13.3. The maximum absolute atomic E-state index is 13.3. The van der Waals surface area contributed by atoms with E-state index in [1.165, 1.54) is 0 Å². The molecule has 1 aliphatic carbocycles. The van der Waals surface area contributed by atoms with Crippen LogP contribution in [0.25, 0.3) is 11.0 Å². The van der Waals surface area contributed by atoms with Crippen LogP contribution in [0.5, 0.6) is 5.75 Å². The van der Waals surface area contributed by atoms with Crippen molar-refractivity contribution in [3.63, 3.8) is 0 Å². The third-order valence-electron chi connectivity index (χ3n) is 6.25. The lowest BCUT2D eigenvalue weighted by Gasteiger charge is -2.30. The van der Waals surface area contributed by atoms with Gasteiger partial charge in [-0.1, -0.05) is 18.2 Å². The summed E-state index contributed by atoms with van der Waals surface area (Å²) in [5, 5.41) is 21.7. The number of furan rings is 1. The van der Waals surface area contributed by atoms with Gasteiger partial charge >= 0.3 is 0 Å². The Morgan fingerprint density at radius 1 is 1.09 bits per heavy atom. The van der Waals surface area contributed by atoms with Crippen molar-refractivity contribution in [2.24, 2.45) is 0 Å². The first-order valence-corrected chi connectivity index (χ1v) is 11.4. The van der Waals surface area contributed by atoms with E-state index in [2.05, 4.69) is 5.32 Å². The van der Waals surface area contributed by atoms with Crippen LogP contribution >= 0.6 is 0 Å². The number of nitrogens with one attached hydrogen (secondary N) is 1. The molecule has 0 atom stereocenters. The number of amides is 1. The Morgan fingerprint density at radius 3 is 2.56 bits per heavy atom. The first-order chi connectivity index (χ1) is 16.4. The van der Waals surface area contributed by atoms with E-state index in [0.717, 1.165) is 10.9 Å². The Hall–Kier alpha value is -3.20. The number of ether oxygens (including phenoxy) is 1. The molecule has 0 fully saturated rings. The number of para-hydroxylation sites is 1. The largest absolute Gasteiger partial charge is 0.484 e. The van der Waals surface area contributed by atoms with Crippen LogP contribution in [0.4, 0.5) is 0 Å². The number of hydrogen-bond acceptors (Lipinski definition) is 7. The smallest absolute Gasteiger partial charge is 0.257 e. The molecule has 0 unspecified atom stereocenters. The standard InChI is InChI=1S/C26H30N2O6/c1-26(2)20-15-17(33-16-22(31)27-9-10-28(11-13-29)12-14-30)7-8-18(20)24(32)23-19-5-3-4-6-21(19)34-25(23)26/h3-8,15,29-30H,9-14,16H2,1-2H3,(H,27,31). The molecule has 4 rings (SSSR count). The molecule has 8 nitrogen and oxygen atoms in total. The van der Waals surface area contributed by atoms with Crippen molar-refractivity contribution in [3.8, 4) is 5.75 Å². The van der Waals surface area contributed by atoms with Gasteiger partial charge in [-0.2, -0.15) is 0 Å². The van der Waals surface area contributed by atoms with E-state index in [9.17, 15) is 9.59 Å². The minimum atomic E-state index is -0.553. The van der Waals surface area contributed by atoms with E-state index in [4.69, 9.17) is 19.4 Å². The SMILES string of the molecule is CC1(C)c2cc(OCC(=O)NCCN(CCO)CCO)ccc2C(=O)c2c1oc1ccccc21. The van der Waals surface area contributed by atoms with Gasteiger partial charge in [0.25, 0.3) is 5.91 Å². The first-order valence-electron chi connectivity index (χ1n) is 11.4. The predicted molar refractivity (Wildman–Crippen MR) is 127 cm³/mol. The molecule has 2 aromatic carbocycles. The second-order valence-electron chi connectivity index (χ2n) is 8.89. The third-order valence-corrected chi connectivity index (χ3v) is 6.25. The Balaban J connectivity index is 1.44. The van der Waals surface area contributed by atoms with Crippen molar-refractivity contribution in [2.45, 2.75) is 19.3 Å². The number of hydrogen-bond donors (Lipinski definition) is 3. The number of aliphatic hydroxyl groups excluding tert-OH is 2. The highest BCUT2D eigenvalue weighted by atomic mass is 16.5. The minimum absolute atomic E-state index is 0.0102. The van der Waals surface area contributed by atoms with Crippen molar-refractivity contribution < 1.29 is 29.0 Å². The zero-order valence-electron chi connectivity index (χ0n) is 19.5. The summed E-state index contributed by atoms with van der Waals surface area (Å²) < 4.78 is 11.8. The highest BCUT2D eigenvalue weighted by Crippen LogP contribution is 2.46. The Kier molecular flexibility index (Phi) is 7.02. The van der Waals surface area contributed by atoms with Gasteiger partial charge in [-0.3, -0.25) is 14.5 Å². The van der Waals surface area contributed by atoms with Crippen molar-refractivity contribution in [3.05, 3.63) is 64.9 Å². The number of fused-ring (bicyclic) bond motifs is 4. The Bertz CT molecular complexity index is 1190. The summed E-state index contributed by atoms with van der Waals surface area (Å²) in [5.74, 6) is 0.780. The highest BCUT2D eigenvalue weighted by Gasteiger charge is 2.41. The summed E-state index contributed by atoms with van der Waals surface area (Å²) in [6.45, 7) is 5.61. The van der Waals surface area contributed by atoms with Gasteiger partial charge in [0.2, 0.25) is 0 Å². The summed E-state index contributed by atoms with van der Waals surface area (Å²) in [6, 6.07) is 12.8. The van der Waals surface area contributed by atoms with E-state index in [1.54, 1.807) is 18.2 Å². The quantitative estimate of drug-likeness (QED) is 0.419. The number of ketones is 1. The topological polar surface area (TPSA) is 112 Å². The third kappa shape index (κ3) is 4.57. The highest BCUT2D eigenvalue weighted by molar-refractivity contribution is 6.19. The maximum Gasteiger partial charge on any atom is 0.257 e. The molecule has 8 heteroatoms. The van der Waals surface area contributed by atoms with Crippen LogP contribution in [0, 0.1) is 0 Å². The molecule has 3 aromatic rings. The summed E-state index contributed by atoms with van der Waals surface area (Å²) in [7, 11) is 0. The predicted octanol–water partition coefficient (Wildman–Crippen LogP) is 2.08. The fraction of sp³-hybridized carbons (Fsp3) is 0.385. The van der Waals surface area contributed by atoms with Gasteiger partial charge in [-0.25, -0.2) is 0 Å². The molecule has 180 valence electrons. The molecule has 0 saturated heterocycles. The lowest BCUT2D eigenvalue weighted by molar-refractivity contribution is -0.123. The van der Waals surface area contributed by atoms with E-state index in [0.29, 0.717) is 54.4 Å². The molecule has 0 spiro atoms. The summed E-state index contributed by atoms with van der Waals surface area (Å²) in [4.78, 5) is 27.4. The van der Waals surface area contributed by atoms with Gasteiger partial charge < -0.3 is 24.7 Å². The first kappa shape index (κ1) is 23.9. The monoisotopic (exact) mass is 466 g/mol. The Morgan fingerprint density at radius 2 is 1.82 bits per heavy atom. The summed E-state index contributed by atoms with van der Waals surface area (Å²) in [6.07, 6.45) is 0. The molecule has 1 aliphatic rings. The molecule has 1 heterocycles. The van der Waals surface area contributed by atoms with Gasteiger partial charge in [-0.15, -0.1) is 0 Å². The Labute approximate surface area is 198 Å². The molecule has 34 heavy (non-hydrogen) atoms. The van der Waals surface area contributed by atoms with Crippen molar-refractivity contribution in [2.75, 3.05) is 46.0 Å². The van der Waals surface area contributed by atoms with E-state index in [-0.39, 0.29) is 31.5 Å². The van der Waals surface area contributed by atoms with Crippen molar-refractivity contribution >= 4 is 22.7 Å².